The SMILES string of the molecule is CCCCn1c(=NC(=O)c2cc(Br)ccc2Cl)c(C(=O)OCC)cc2c(=O)n3ccccc3nc21. The summed E-state index contributed by atoms with van der Waals surface area (Å²) >= 11 is 9.60. The molecule has 0 unspecified atom stereocenters. The Labute approximate surface area is 214 Å². The Hall–Kier alpha value is -3.30. The lowest BCUT2D eigenvalue weighted by molar-refractivity contribution is 0.0523. The molecule has 0 spiro atoms. The molecular weight excluding hydrogens is 536 g/mol. The molecule has 0 aliphatic heterocycles. The van der Waals surface area contributed by atoms with E-state index in [-0.39, 0.29) is 39.2 Å². The molecule has 35 heavy (non-hydrogen) atoms. The molecule has 180 valence electrons. The number of nitrogens with zero attached hydrogens (tertiary/aromatic N) is 4. The summed E-state index contributed by atoms with van der Waals surface area (Å²) < 4.78 is 8.95. The summed E-state index contributed by atoms with van der Waals surface area (Å²) in [6, 6.07) is 11.5. The Balaban J connectivity index is 2.12. The third kappa shape index (κ3) is 4.92. The van der Waals surface area contributed by atoms with Gasteiger partial charge in [0.05, 0.1) is 22.6 Å². The molecule has 4 aromatic rings. The second-order valence-corrected chi connectivity index (χ2v) is 9.05. The van der Waals surface area contributed by atoms with Crippen molar-refractivity contribution in [1.29, 1.82) is 0 Å². The lowest BCUT2D eigenvalue weighted by Gasteiger charge is -2.15. The highest BCUT2D eigenvalue weighted by Gasteiger charge is 2.20. The number of carbonyl (C=O) groups is 2. The maximum atomic E-state index is 13.3. The molecule has 0 saturated carbocycles. The molecule has 1 aromatic carbocycles. The van der Waals surface area contributed by atoms with Crippen molar-refractivity contribution in [3.63, 3.8) is 0 Å². The van der Waals surface area contributed by atoms with Gasteiger partial charge in [0.1, 0.15) is 16.9 Å². The number of rotatable bonds is 6. The molecule has 3 aromatic heterocycles. The number of amides is 1. The molecule has 0 fully saturated rings. The first kappa shape index (κ1) is 24.8. The minimum Gasteiger partial charge on any atom is -0.462 e. The molecule has 3 heterocycles. The summed E-state index contributed by atoms with van der Waals surface area (Å²) in [6.07, 6.45) is 3.15. The van der Waals surface area contributed by atoms with Crippen LogP contribution in [-0.2, 0) is 11.3 Å². The summed E-state index contributed by atoms with van der Waals surface area (Å²) in [6.45, 7) is 4.19. The number of unbranched alkanes of at least 4 members (excludes halogenated alkanes) is 1. The third-order valence-corrected chi connectivity index (χ3v) is 6.21. The van der Waals surface area contributed by atoms with Gasteiger partial charge in [-0.2, -0.15) is 4.99 Å². The molecule has 10 heteroatoms. The molecule has 0 atom stereocenters. The topological polar surface area (TPSA) is 95.0 Å². The Morgan fingerprint density at radius 2 is 1.94 bits per heavy atom. The van der Waals surface area contributed by atoms with E-state index in [0.717, 1.165) is 6.42 Å². The highest BCUT2D eigenvalue weighted by molar-refractivity contribution is 9.10. The molecule has 0 radical (unpaired) electrons. The highest BCUT2D eigenvalue weighted by Crippen LogP contribution is 2.22. The van der Waals surface area contributed by atoms with E-state index in [1.165, 1.54) is 10.5 Å². The van der Waals surface area contributed by atoms with Gasteiger partial charge in [0.15, 0.2) is 5.49 Å². The standard InChI is InChI=1S/C25H22BrClN4O4/c1-3-5-11-31-21-17(24(33)30-12-7-6-8-20(30)28-21)14-18(25(34)35-4-2)22(31)29-23(32)16-13-15(26)9-10-19(16)27/h6-10,12-14H,3-5,11H2,1-2H3. The Morgan fingerprint density at radius 3 is 2.69 bits per heavy atom. The molecule has 0 aliphatic rings. The number of hydrogen-bond acceptors (Lipinski definition) is 5. The quantitative estimate of drug-likeness (QED) is 0.251. The van der Waals surface area contributed by atoms with E-state index in [1.54, 1.807) is 54.1 Å². The summed E-state index contributed by atoms with van der Waals surface area (Å²) in [5.41, 5.74) is 0.669. The van der Waals surface area contributed by atoms with Crippen molar-refractivity contribution in [2.75, 3.05) is 6.61 Å². The van der Waals surface area contributed by atoms with Crippen LogP contribution in [0.5, 0.6) is 0 Å². The Kier molecular flexibility index (Phi) is 7.47. The largest absolute Gasteiger partial charge is 0.462 e. The maximum Gasteiger partial charge on any atom is 0.341 e. The van der Waals surface area contributed by atoms with Gasteiger partial charge in [-0.05, 0) is 49.7 Å². The zero-order chi connectivity index (χ0) is 25.1. The van der Waals surface area contributed by atoms with Crippen LogP contribution in [0, 0.1) is 0 Å². The molecular formula is C25H22BrClN4O4. The van der Waals surface area contributed by atoms with Crippen molar-refractivity contribution in [2.24, 2.45) is 4.99 Å². The minimum absolute atomic E-state index is 0.00436. The van der Waals surface area contributed by atoms with Crippen LogP contribution in [0.1, 0.15) is 47.4 Å². The van der Waals surface area contributed by atoms with Crippen molar-refractivity contribution < 1.29 is 14.3 Å². The van der Waals surface area contributed by atoms with Crippen LogP contribution < -0.4 is 11.0 Å². The number of benzene rings is 1. The summed E-state index contributed by atoms with van der Waals surface area (Å²) in [5.74, 6) is -1.33. The van der Waals surface area contributed by atoms with Gasteiger partial charge in [-0.3, -0.25) is 14.0 Å². The van der Waals surface area contributed by atoms with Gasteiger partial charge in [0.2, 0.25) is 0 Å². The van der Waals surface area contributed by atoms with Crippen molar-refractivity contribution >= 4 is 56.1 Å². The Bertz CT molecular complexity index is 1590. The molecule has 0 saturated heterocycles. The van der Waals surface area contributed by atoms with E-state index in [0.29, 0.717) is 28.7 Å². The number of fused-ring (bicyclic) bond motifs is 2. The highest BCUT2D eigenvalue weighted by atomic mass is 79.9. The van der Waals surface area contributed by atoms with E-state index >= 15 is 0 Å². The fraction of sp³-hybridized carbons (Fsp3) is 0.240. The van der Waals surface area contributed by atoms with Crippen molar-refractivity contribution in [3.05, 3.63) is 85.1 Å². The second kappa shape index (κ2) is 10.5. The van der Waals surface area contributed by atoms with E-state index < -0.39 is 11.9 Å². The molecule has 4 rings (SSSR count). The van der Waals surface area contributed by atoms with Gasteiger partial charge in [0, 0.05) is 17.2 Å². The van der Waals surface area contributed by atoms with Crippen LogP contribution in [0.3, 0.4) is 0 Å². The van der Waals surface area contributed by atoms with Crippen LogP contribution >= 0.6 is 27.5 Å². The van der Waals surface area contributed by atoms with Crippen LogP contribution in [0.15, 0.2) is 62.9 Å². The van der Waals surface area contributed by atoms with E-state index in [2.05, 4.69) is 25.9 Å². The monoisotopic (exact) mass is 556 g/mol. The van der Waals surface area contributed by atoms with Crippen LogP contribution in [0.2, 0.25) is 5.02 Å². The number of hydrogen-bond donors (Lipinski definition) is 0. The van der Waals surface area contributed by atoms with Crippen molar-refractivity contribution in [1.82, 2.24) is 14.0 Å². The zero-order valence-corrected chi connectivity index (χ0v) is 21.5. The normalized spacial score (nSPS) is 11.8. The fourth-order valence-electron chi connectivity index (χ4n) is 3.70. The van der Waals surface area contributed by atoms with Gasteiger partial charge >= 0.3 is 5.97 Å². The molecule has 0 bridgehead atoms. The van der Waals surface area contributed by atoms with Crippen molar-refractivity contribution in [2.45, 2.75) is 33.2 Å². The maximum absolute atomic E-state index is 13.3. The number of halogens is 2. The molecule has 0 aliphatic carbocycles. The first-order valence-electron chi connectivity index (χ1n) is 11.1. The zero-order valence-electron chi connectivity index (χ0n) is 19.1. The molecule has 1 amide bonds. The van der Waals surface area contributed by atoms with Gasteiger partial charge in [0.25, 0.3) is 11.5 Å². The summed E-state index contributed by atoms with van der Waals surface area (Å²) in [4.78, 5) is 48.5. The van der Waals surface area contributed by atoms with Gasteiger partial charge < -0.3 is 9.30 Å². The number of esters is 1. The van der Waals surface area contributed by atoms with Crippen LogP contribution in [0.4, 0.5) is 0 Å². The van der Waals surface area contributed by atoms with Gasteiger partial charge in [-0.25, -0.2) is 9.78 Å². The second-order valence-electron chi connectivity index (χ2n) is 7.73. The lowest BCUT2D eigenvalue weighted by Crippen LogP contribution is -2.33. The average molecular weight is 558 g/mol. The average Bonchev–Trinajstić information content (AvgIpc) is 2.85. The smallest absolute Gasteiger partial charge is 0.341 e. The number of carbonyl (C=O) groups excluding carboxylic acids is 2. The number of ether oxygens (including phenoxy) is 1. The van der Waals surface area contributed by atoms with Crippen molar-refractivity contribution in [3.8, 4) is 0 Å². The summed E-state index contributed by atoms with van der Waals surface area (Å²) in [7, 11) is 0. The number of aromatic nitrogens is 3. The van der Waals surface area contributed by atoms with Gasteiger partial charge in [-0.1, -0.05) is 46.9 Å². The number of aryl methyl sites for hydroxylation is 1. The first-order chi connectivity index (χ1) is 16.8. The Morgan fingerprint density at radius 1 is 1.14 bits per heavy atom. The van der Waals surface area contributed by atoms with E-state index in [1.807, 2.05) is 6.92 Å². The van der Waals surface area contributed by atoms with Gasteiger partial charge in [-0.15, -0.1) is 0 Å². The third-order valence-electron chi connectivity index (χ3n) is 5.39. The van der Waals surface area contributed by atoms with Crippen LogP contribution in [0.25, 0.3) is 16.7 Å². The predicted octanol–water partition coefficient (Wildman–Crippen LogP) is 4.78. The molecule has 8 nitrogen and oxygen atoms in total. The number of pyridine rings is 2. The summed E-state index contributed by atoms with van der Waals surface area (Å²) in [5, 5.41) is 0.447. The molecule has 0 N–H and O–H groups in total. The van der Waals surface area contributed by atoms with E-state index in [9.17, 15) is 14.4 Å². The fourth-order valence-corrected chi connectivity index (χ4v) is 4.26. The van der Waals surface area contributed by atoms with Crippen LogP contribution in [-0.4, -0.2) is 32.4 Å². The first-order valence-corrected chi connectivity index (χ1v) is 12.3. The lowest BCUT2D eigenvalue weighted by atomic mass is 10.2. The predicted molar refractivity (Wildman–Crippen MR) is 137 cm³/mol. The minimum atomic E-state index is -0.691. The van der Waals surface area contributed by atoms with E-state index in [4.69, 9.17) is 16.3 Å².